The van der Waals surface area contributed by atoms with Crippen molar-refractivity contribution in [3.8, 4) is 44.5 Å². The van der Waals surface area contributed by atoms with Crippen LogP contribution in [0.3, 0.4) is 0 Å². The monoisotopic (exact) mass is 1050 g/mol. The van der Waals surface area contributed by atoms with Gasteiger partial charge < -0.3 is 9.97 Å². The second-order valence-electron chi connectivity index (χ2n) is 14.8. The van der Waals surface area contributed by atoms with Crippen LogP contribution in [0, 0.1) is 0 Å². The number of allylic oxidation sites excluding steroid dienone is 1. The minimum absolute atomic E-state index is 0. The third-order valence-electron chi connectivity index (χ3n) is 10.7. The Morgan fingerprint density at radius 3 is 1.06 bits per heavy atom. The number of aromatic nitrogens is 4. The molecule has 4 nitrogen and oxygen atoms in total. The molecule has 0 saturated heterocycles. The molecule has 2 aliphatic heterocycles. The molecule has 0 unspecified atom stereocenters. The molecule has 0 spiro atoms. The van der Waals surface area contributed by atoms with Gasteiger partial charge in [0.2, 0.25) is 0 Å². The summed E-state index contributed by atoms with van der Waals surface area (Å²) in [6, 6.07) is 30.8. The Balaban J connectivity index is 0.00000592. The van der Waals surface area contributed by atoms with E-state index in [-0.39, 0.29) is 68.3 Å². The first-order valence-corrected chi connectivity index (χ1v) is 21.0. The van der Waals surface area contributed by atoms with Crippen LogP contribution in [0.4, 0.5) is 35.1 Å². The van der Waals surface area contributed by atoms with Gasteiger partial charge in [0.05, 0.1) is 28.3 Å². The molecule has 0 radical (unpaired) electrons. The van der Waals surface area contributed by atoms with Gasteiger partial charge in [0.25, 0.3) is 0 Å². The van der Waals surface area contributed by atoms with Crippen molar-refractivity contribution in [3.05, 3.63) is 164 Å². The van der Waals surface area contributed by atoms with Gasteiger partial charge in [-0.15, -0.1) is 22.1 Å². The normalized spacial score (nSPS) is 13.1. The van der Waals surface area contributed by atoms with Gasteiger partial charge in [0, 0.05) is 20.1 Å². The molecule has 4 aromatic carbocycles. The molecule has 0 saturated carbocycles. The largest absolute Gasteiger partial charge is 2.00 e. The summed E-state index contributed by atoms with van der Waals surface area (Å²) in [6.07, 6.45) is 3.96. The molecule has 9 rings (SSSR count). The standard InChI is InChI=1S/C48H23Cl5F8N4.Zn/c49-28-9-1-24(2-10-28)40-33-17-18-34(62-33)41(25-3-11-29(50)12-4-25)36-21-22-38(64-36)43(27-7-15-31(52)16-8-27)44-32(45(54,55)46(56,57)47(58,59)48(53,60)61)23-39(65-44)42(37-20-19-35(40)63-37)26-5-13-30(51)14-6-26;/h1-23H;/q-2;+2. The summed E-state index contributed by atoms with van der Waals surface area (Å²) >= 11 is 29.5. The molecule has 2 aliphatic rings. The Kier molecular flexibility index (Phi) is 12.6. The molecule has 0 fully saturated rings. The summed E-state index contributed by atoms with van der Waals surface area (Å²) in [7, 11) is 0. The first-order chi connectivity index (χ1) is 30.7. The quantitative estimate of drug-likeness (QED) is 0.0864. The van der Waals surface area contributed by atoms with E-state index in [9.17, 15) is 8.78 Å². The molecule has 7 aromatic rings. The van der Waals surface area contributed by atoms with Crippen molar-refractivity contribution >= 4 is 104 Å². The number of hydrogen-bond donors (Lipinski definition) is 0. The van der Waals surface area contributed by atoms with E-state index in [4.69, 9.17) is 61.4 Å². The Hall–Kier alpha value is -5.01. The van der Waals surface area contributed by atoms with Crippen LogP contribution in [-0.2, 0) is 19.5 Å². The molecule has 0 N–H and O–H groups in total. The molecule has 18 heteroatoms. The molecule has 5 heterocycles. The Morgan fingerprint density at radius 1 is 0.394 bits per heavy atom. The number of halogens is 13. The average Bonchev–Trinajstić information content (AvgIpc) is 4.10. The van der Waals surface area contributed by atoms with Crippen LogP contribution < -0.4 is 9.97 Å². The van der Waals surface area contributed by atoms with Gasteiger partial charge in [-0.05, 0) is 123 Å². The van der Waals surface area contributed by atoms with Crippen LogP contribution in [0.15, 0.2) is 121 Å². The number of benzene rings is 4. The zero-order valence-corrected chi connectivity index (χ0v) is 39.9. The molecule has 0 atom stereocenters. The van der Waals surface area contributed by atoms with Crippen molar-refractivity contribution in [1.29, 1.82) is 0 Å². The molecule has 66 heavy (non-hydrogen) atoms. The summed E-state index contributed by atoms with van der Waals surface area (Å²) in [6.45, 7) is 0. The summed E-state index contributed by atoms with van der Waals surface area (Å²) in [5.41, 5.74) is -0.325. The van der Waals surface area contributed by atoms with E-state index < -0.39 is 40.1 Å². The third kappa shape index (κ3) is 8.26. The molecule has 328 valence electrons. The van der Waals surface area contributed by atoms with Crippen molar-refractivity contribution < 1.29 is 54.6 Å². The molecule has 0 aliphatic carbocycles. The van der Waals surface area contributed by atoms with E-state index >= 15 is 26.3 Å². The van der Waals surface area contributed by atoms with E-state index in [0.717, 1.165) is 0 Å². The number of rotatable bonds is 8. The van der Waals surface area contributed by atoms with Crippen molar-refractivity contribution in [2.24, 2.45) is 0 Å². The van der Waals surface area contributed by atoms with Crippen molar-refractivity contribution in [2.75, 3.05) is 0 Å². The Morgan fingerprint density at radius 2 is 0.712 bits per heavy atom. The van der Waals surface area contributed by atoms with Crippen LogP contribution in [0.1, 0.15) is 22.8 Å². The van der Waals surface area contributed by atoms with Crippen molar-refractivity contribution in [2.45, 2.75) is 23.1 Å². The summed E-state index contributed by atoms with van der Waals surface area (Å²) in [4.78, 5) is 19.3. The zero-order chi connectivity index (χ0) is 46.2. The maximum Gasteiger partial charge on any atom is 2.00 e. The van der Waals surface area contributed by atoms with E-state index in [1.165, 1.54) is 66.7 Å². The fraction of sp³-hybridized carbons (Fsp3) is 0.0833. The van der Waals surface area contributed by atoms with Gasteiger partial charge in [-0.2, -0.15) is 35.1 Å². The van der Waals surface area contributed by atoms with E-state index in [1.807, 2.05) is 0 Å². The minimum atomic E-state index is -6.83. The average molecular weight is 1050 g/mol. The minimum Gasteiger partial charge on any atom is -0.657 e. The number of alkyl halides is 9. The number of hydrogen-bond acceptors (Lipinski definition) is 2. The smallest absolute Gasteiger partial charge is 0.657 e. The van der Waals surface area contributed by atoms with E-state index in [2.05, 4.69) is 16.6 Å². The number of nitrogens with zero attached hydrogens (tertiary/aromatic N) is 4. The molecular weight excluding hydrogens is 1030 g/mol. The topological polar surface area (TPSA) is 54.0 Å². The first-order valence-electron chi connectivity index (χ1n) is 19.1. The van der Waals surface area contributed by atoms with Gasteiger partial charge in [-0.3, -0.25) is 0 Å². The second kappa shape index (κ2) is 17.6. The van der Waals surface area contributed by atoms with Gasteiger partial charge in [-0.25, -0.2) is 9.97 Å². The van der Waals surface area contributed by atoms with Crippen LogP contribution in [-0.4, -0.2) is 33.1 Å². The third-order valence-corrected chi connectivity index (χ3v) is 12.0. The van der Waals surface area contributed by atoms with Crippen LogP contribution in [0.5, 0.6) is 0 Å². The predicted octanol–water partition coefficient (Wildman–Crippen LogP) is 16.3. The maximum absolute atomic E-state index is 16.9. The molecule has 3 aromatic heterocycles. The van der Waals surface area contributed by atoms with Crippen molar-refractivity contribution in [1.82, 2.24) is 19.9 Å². The van der Waals surface area contributed by atoms with Crippen molar-refractivity contribution in [3.63, 3.8) is 0 Å². The van der Waals surface area contributed by atoms with Gasteiger partial charge in [-0.1, -0.05) is 119 Å². The zero-order valence-electron chi connectivity index (χ0n) is 33.2. The molecule has 0 amide bonds. The second-order valence-corrected chi connectivity index (χ2v) is 17.0. The van der Waals surface area contributed by atoms with Gasteiger partial charge >= 0.3 is 42.6 Å². The number of fused-ring (bicyclic) bond motifs is 8. The first kappa shape index (κ1) is 47.5. The van der Waals surface area contributed by atoms with Crippen LogP contribution in [0.2, 0.25) is 20.1 Å². The van der Waals surface area contributed by atoms with Gasteiger partial charge in [0.1, 0.15) is 0 Å². The fourth-order valence-electron chi connectivity index (χ4n) is 7.60. The van der Waals surface area contributed by atoms with Crippen LogP contribution in [0.25, 0.3) is 90.4 Å². The molecular formula is C48H23Cl5F8N4Zn. The summed E-state index contributed by atoms with van der Waals surface area (Å²) < 4.78 is 124. The van der Waals surface area contributed by atoms with Gasteiger partial charge in [0.15, 0.2) is 0 Å². The van der Waals surface area contributed by atoms with E-state index in [0.29, 0.717) is 55.3 Å². The van der Waals surface area contributed by atoms with E-state index in [1.54, 1.807) is 66.7 Å². The summed E-state index contributed by atoms with van der Waals surface area (Å²) in [5, 5.41) is -4.85. The summed E-state index contributed by atoms with van der Waals surface area (Å²) in [5.74, 6) is -19.7. The predicted molar refractivity (Wildman–Crippen MR) is 243 cm³/mol. The maximum atomic E-state index is 16.9. The fourth-order valence-corrected chi connectivity index (χ4v) is 8.22. The molecule has 8 bridgehead atoms. The Labute approximate surface area is 407 Å². The SMILES string of the molecule is FC(F)(Cl)C(F)(F)C(F)(F)C(F)(F)C1=Cc2nc1c(-c1ccc(Cl)cc1)c1ccc([n-]1)c(-c1ccc(Cl)cc1)c1nc(c(-c3ccc(Cl)cc3)c3ccc([n-]3)c2-c2ccc(Cl)cc2)C=C1.[Zn+2]. The van der Waals surface area contributed by atoms with Crippen LogP contribution >= 0.6 is 58.0 Å². The Bertz CT molecular complexity index is 3260.